The Balaban J connectivity index is 2.18. The molecular formula is C16H23ClN2O4S. The molecule has 1 aliphatic rings. The van der Waals surface area contributed by atoms with Crippen molar-refractivity contribution in [2.24, 2.45) is 0 Å². The van der Waals surface area contributed by atoms with Crippen LogP contribution in [-0.2, 0) is 19.6 Å². The van der Waals surface area contributed by atoms with Crippen molar-refractivity contribution in [1.29, 1.82) is 0 Å². The molecule has 1 heterocycles. The number of nitrogens with zero attached hydrogens (tertiary/aromatic N) is 1. The first-order valence-corrected chi connectivity index (χ1v) is 10.2. The van der Waals surface area contributed by atoms with E-state index in [-0.39, 0.29) is 12.0 Å². The molecule has 1 N–H and O–H groups in total. The topological polar surface area (TPSA) is 75.7 Å². The van der Waals surface area contributed by atoms with E-state index in [4.69, 9.17) is 16.3 Å². The van der Waals surface area contributed by atoms with Crippen LogP contribution in [-0.4, -0.2) is 45.9 Å². The highest BCUT2D eigenvalue weighted by Crippen LogP contribution is 2.24. The van der Waals surface area contributed by atoms with Gasteiger partial charge in [0, 0.05) is 18.2 Å². The summed E-state index contributed by atoms with van der Waals surface area (Å²) in [6.45, 7) is 2.88. The van der Waals surface area contributed by atoms with Gasteiger partial charge in [-0.05, 0) is 43.5 Å². The SMILES string of the molecule is CC[C@H](C(=O)NC[C@@H]1CCCO1)N(c1ccc(Cl)cc1)S(C)(=O)=O. The standard InChI is InChI=1S/C16H23ClN2O4S/c1-3-15(16(20)18-11-14-5-4-10-23-14)19(24(2,21)22)13-8-6-12(17)7-9-13/h6-9,14-15H,3-5,10-11H2,1-2H3,(H,18,20)/t14-,15+/m0/s1. The van der Waals surface area contributed by atoms with Crippen LogP contribution in [0.5, 0.6) is 0 Å². The summed E-state index contributed by atoms with van der Waals surface area (Å²) in [4.78, 5) is 12.6. The Morgan fingerprint density at radius 1 is 1.42 bits per heavy atom. The lowest BCUT2D eigenvalue weighted by molar-refractivity contribution is -0.122. The van der Waals surface area contributed by atoms with Crippen molar-refractivity contribution in [2.45, 2.75) is 38.3 Å². The van der Waals surface area contributed by atoms with Crippen LogP contribution in [0.1, 0.15) is 26.2 Å². The summed E-state index contributed by atoms with van der Waals surface area (Å²) in [6, 6.07) is 5.58. The Morgan fingerprint density at radius 3 is 2.58 bits per heavy atom. The van der Waals surface area contributed by atoms with Crippen molar-refractivity contribution in [3.05, 3.63) is 29.3 Å². The van der Waals surface area contributed by atoms with E-state index in [9.17, 15) is 13.2 Å². The maximum absolute atomic E-state index is 12.6. The molecule has 1 aliphatic heterocycles. The lowest BCUT2D eigenvalue weighted by Crippen LogP contribution is -2.50. The minimum absolute atomic E-state index is 0.00803. The lowest BCUT2D eigenvalue weighted by atomic mass is 10.1. The minimum Gasteiger partial charge on any atom is -0.376 e. The van der Waals surface area contributed by atoms with Crippen molar-refractivity contribution >= 4 is 33.2 Å². The van der Waals surface area contributed by atoms with Gasteiger partial charge in [0.2, 0.25) is 15.9 Å². The van der Waals surface area contributed by atoms with Gasteiger partial charge in [0.1, 0.15) is 6.04 Å². The molecule has 0 aromatic heterocycles. The normalized spacial score (nSPS) is 19.0. The average molecular weight is 375 g/mol. The van der Waals surface area contributed by atoms with E-state index in [2.05, 4.69) is 5.32 Å². The highest BCUT2D eigenvalue weighted by molar-refractivity contribution is 7.92. The number of hydrogen-bond acceptors (Lipinski definition) is 4. The number of nitrogens with one attached hydrogen (secondary N) is 1. The van der Waals surface area contributed by atoms with E-state index < -0.39 is 16.1 Å². The first-order chi connectivity index (χ1) is 11.3. The van der Waals surface area contributed by atoms with Crippen molar-refractivity contribution < 1.29 is 17.9 Å². The number of sulfonamides is 1. The van der Waals surface area contributed by atoms with Gasteiger partial charge in [0.25, 0.3) is 0 Å². The molecule has 2 atom stereocenters. The van der Waals surface area contributed by atoms with E-state index in [1.165, 1.54) is 0 Å². The van der Waals surface area contributed by atoms with Gasteiger partial charge in [-0.15, -0.1) is 0 Å². The number of benzene rings is 1. The highest BCUT2D eigenvalue weighted by atomic mass is 35.5. The Labute approximate surface area is 148 Å². The van der Waals surface area contributed by atoms with Gasteiger partial charge in [-0.3, -0.25) is 9.10 Å². The van der Waals surface area contributed by atoms with Gasteiger partial charge in [0.05, 0.1) is 18.0 Å². The molecule has 1 aromatic rings. The van der Waals surface area contributed by atoms with Crippen molar-refractivity contribution in [1.82, 2.24) is 5.32 Å². The largest absolute Gasteiger partial charge is 0.376 e. The highest BCUT2D eigenvalue weighted by Gasteiger charge is 2.31. The molecule has 2 rings (SSSR count). The molecule has 134 valence electrons. The number of rotatable bonds is 7. The maximum atomic E-state index is 12.6. The molecule has 0 aliphatic carbocycles. The third kappa shape index (κ3) is 4.84. The molecule has 1 amide bonds. The zero-order valence-electron chi connectivity index (χ0n) is 13.9. The number of hydrogen-bond donors (Lipinski definition) is 1. The number of anilines is 1. The summed E-state index contributed by atoms with van der Waals surface area (Å²) in [5.41, 5.74) is 0.418. The van der Waals surface area contributed by atoms with Crippen LogP contribution in [0.4, 0.5) is 5.69 Å². The molecule has 1 fully saturated rings. The Kier molecular flexibility index (Phi) is 6.48. The number of halogens is 1. The third-order valence-corrected chi connectivity index (χ3v) is 5.37. The zero-order valence-corrected chi connectivity index (χ0v) is 15.4. The zero-order chi connectivity index (χ0) is 17.7. The molecule has 0 bridgehead atoms. The van der Waals surface area contributed by atoms with Crippen molar-refractivity contribution in [2.75, 3.05) is 23.7 Å². The van der Waals surface area contributed by atoms with Gasteiger partial charge >= 0.3 is 0 Å². The third-order valence-electron chi connectivity index (χ3n) is 3.94. The van der Waals surface area contributed by atoms with E-state index in [1.54, 1.807) is 31.2 Å². The molecule has 8 heteroatoms. The Morgan fingerprint density at radius 2 is 2.08 bits per heavy atom. The van der Waals surface area contributed by atoms with Crippen LogP contribution < -0.4 is 9.62 Å². The summed E-state index contributed by atoms with van der Waals surface area (Å²) in [5.74, 6) is -0.326. The summed E-state index contributed by atoms with van der Waals surface area (Å²) in [7, 11) is -3.63. The molecular weight excluding hydrogens is 352 g/mol. The van der Waals surface area contributed by atoms with E-state index in [0.29, 0.717) is 30.3 Å². The fraction of sp³-hybridized carbons (Fsp3) is 0.562. The second-order valence-electron chi connectivity index (χ2n) is 5.84. The molecule has 0 radical (unpaired) electrons. The molecule has 0 saturated carbocycles. The lowest BCUT2D eigenvalue weighted by Gasteiger charge is -2.30. The predicted octanol–water partition coefficient (Wildman–Crippen LogP) is 2.18. The van der Waals surface area contributed by atoms with Crippen LogP contribution in [0, 0.1) is 0 Å². The number of ether oxygens (including phenoxy) is 1. The molecule has 0 spiro atoms. The van der Waals surface area contributed by atoms with Gasteiger partial charge in [-0.25, -0.2) is 8.42 Å². The van der Waals surface area contributed by atoms with E-state index in [1.807, 2.05) is 0 Å². The molecule has 6 nitrogen and oxygen atoms in total. The Bertz CT molecular complexity index is 657. The summed E-state index contributed by atoms with van der Waals surface area (Å²) >= 11 is 5.87. The smallest absolute Gasteiger partial charge is 0.243 e. The van der Waals surface area contributed by atoms with Crippen molar-refractivity contribution in [3.63, 3.8) is 0 Å². The molecule has 24 heavy (non-hydrogen) atoms. The number of carbonyl (C=O) groups is 1. The predicted molar refractivity (Wildman–Crippen MR) is 94.8 cm³/mol. The van der Waals surface area contributed by atoms with E-state index in [0.717, 1.165) is 23.4 Å². The van der Waals surface area contributed by atoms with Crippen LogP contribution in [0.2, 0.25) is 5.02 Å². The first kappa shape index (κ1) is 19.0. The van der Waals surface area contributed by atoms with E-state index >= 15 is 0 Å². The second kappa shape index (κ2) is 8.18. The fourth-order valence-electron chi connectivity index (χ4n) is 2.79. The van der Waals surface area contributed by atoms with Crippen LogP contribution >= 0.6 is 11.6 Å². The van der Waals surface area contributed by atoms with Gasteiger partial charge < -0.3 is 10.1 Å². The number of amides is 1. The van der Waals surface area contributed by atoms with Gasteiger partial charge in [0.15, 0.2) is 0 Å². The summed E-state index contributed by atoms with van der Waals surface area (Å²) in [6.07, 6.45) is 3.35. The Hall–Kier alpha value is -1.31. The van der Waals surface area contributed by atoms with Crippen LogP contribution in [0.25, 0.3) is 0 Å². The average Bonchev–Trinajstić information content (AvgIpc) is 3.03. The monoisotopic (exact) mass is 374 g/mol. The molecule has 0 unspecified atom stereocenters. The quantitative estimate of drug-likeness (QED) is 0.793. The molecule has 1 aromatic carbocycles. The minimum atomic E-state index is -3.63. The van der Waals surface area contributed by atoms with Crippen molar-refractivity contribution in [3.8, 4) is 0 Å². The second-order valence-corrected chi connectivity index (χ2v) is 8.14. The fourth-order valence-corrected chi connectivity index (χ4v) is 4.12. The first-order valence-electron chi connectivity index (χ1n) is 7.97. The number of carbonyl (C=O) groups excluding carboxylic acids is 1. The maximum Gasteiger partial charge on any atom is 0.243 e. The molecule has 1 saturated heterocycles. The van der Waals surface area contributed by atoms with Gasteiger partial charge in [-0.1, -0.05) is 18.5 Å². The van der Waals surface area contributed by atoms with Crippen LogP contribution in [0.3, 0.4) is 0 Å². The summed E-state index contributed by atoms with van der Waals surface area (Å²) in [5, 5.41) is 3.32. The van der Waals surface area contributed by atoms with Gasteiger partial charge in [-0.2, -0.15) is 0 Å². The van der Waals surface area contributed by atoms with Crippen LogP contribution in [0.15, 0.2) is 24.3 Å². The summed E-state index contributed by atoms with van der Waals surface area (Å²) < 4.78 is 31.2.